The molecule has 19 heavy (non-hydrogen) atoms. The van der Waals surface area contributed by atoms with Gasteiger partial charge in [0.05, 0.1) is 11.3 Å². The van der Waals surface area contributed by atoms with Gasteiger partial charge in [-0.3, -0.25) is 9.82 Å². The van der Waals surface area contributed by atoms with Gasteiger partial charge in [0.1, 0.15) is 5.03 Å². The predicted molar refractivity (Wildman–Crippen MR) is 66.3 cm³/mol. The molecular weight excluding hydrogens is 268 g/mol. The second-order valence-electron chi connectivity index (χ2n) is 3.44. The van der Waals surface area contributed by atoms with Gasteiger partial charge in [-0.1, -0.05) is 11.8 Å². The number of aryl methyl sites for hydroxylation is 1. The number of aromatic nitrogens is 3. The van der Waals surface area contributed by atoms with Crippen molar-refractivity contribution in [1.29, 1.82) is 0 Å². The van der Waals surface area contributed by atoms with Crippen molar-refractivity contribution in [3.8, 4) is 0 Å². The molecule has 0 aliphatic carbocycles. The van der Waals surface area contributed by atoms with Crippen LogP contribution in [0.15, 0.2) is 45.9 Å². The van der Waals surface area contributed by atoms with Crippen molar-refractivity contribution in [2.45, 2.75) is 16.8 Å². The summed E-state index contributed by atoms with van der Waals surface area (Å²) in [6.07, 6.45) is 2.90. The molecule has 7 nitrogen and oxygen atoms in total. The highest BCUT2D eigenvalue weighted by atomic mass is 32.2. The van der Waals surface area contributed by atoms with Gasteiger partial charge in [-0.25, -0.2) is 4.79 Å². The molecule has 0 amide bonds. The molecule has 0 aliphatic rings. The average Bonchev–Trinajstić information content (AvgIpc) is 2.42. The normalized spacial score (nSPS) is 9.95. The lowest BCUT2D eigenvalue weighted by molar-refractivity contribution is 0.0504. The third-order valence-electron chi connectivity index (χ3n) is 2.11. The third kappa shape index (κ3) is 3.32. The van der Waals surface area contributed by atoms with Gasteiger partial charge in [-0.2, -0.15) is 5.10 Å². The molecule has 0 atom stereocenters. The number of carbonyl (C=O) groups excluding carboxylic acids is 1. The Bertz CT molecular complexity index is 603. The van der Waals surface area contributed by atoms with Gasteiger partial charge in [-0.05, 0) is 25.1 Å². The zero-order valence-electron chi connectivity index (χ0n) is 9.81. The van der Waals surface area contributed by atoms with Crippen LogP contribution in [0.4, 0.5) is 0 Å². The van der Waals surface area contributed by atoms with E-state index in [1.807, 2.05) is 6.92 Å². The van der Waals surface area contributed by atoms with E-state index in [1.165, 1.54) is 30.2 Å². The largest absolute Gasteiger partial charge is 0.370 e. The summed E-state index contributed by atoms with van der Waals surface area (Å²) < 4.78 is 0. The van der Waals surface area contributed by atoms with Crippen molar-refractivity contribution in [2.75, 3.05) is 0 Å². The maximum atomic E-state index is 11.5. The smallest absolute Gasteiger partial charge is 0.279 e. The molecule has 8 heteroatoms. The standard InChI is InChI=1S/C11H8N4O3S/c1-7-2-3-10(14-13-7)19-9-6-12-5-4-8(9)11(16)18-15-17/h2-6H,1H3. The van der Waals surface area contributed by atoms with Crippen LogP contribution < -0.4 is 0 Å². The summed E-state index contributed by atoms with van der Waals surface area (Å²) in [6.45, 7) is 1.82. The van der Waals surface area contributed by atoms with Crippen LogP contribution >= 0.6 is 11.8 Å². The van der Waals surface area contributed by atoms with E-state index >= 15 is 0 Å². The summed E-state index contributed by atoms with van der Waals surface area (Å²) in [6, 6.07) is 5.02. The maximum absolute atomic E-state index is 11.5. The van der Waals surface area contributed by atoms with Crippen molar-refractivity contribution >= 4 is 17.7 Å². The third-order valence-corrected chi connectivity index (χ3v) is 3.08. The molecule has 2 heterocycles. The van der Waals surface area contributed by atoms with Gasteiger partial charge < -0.3 is 0 Å². The molecule has 0 aromatic carbocycles. The molecule has 2 aromatic heterocycles. The minimum atomic E-state index is -0.833. The molecule has 0 aliphatic heterocycles. The van der Waals surface area contributed by atoms with Crippen LogP contribution in [0.3, 0.4) is 0 Å². The summed E-state index contributed by atoms with van der Waals surface area (Å²) in [5.74, 6) is -0.833. The van der Waals surface area contributed by atoms with Crippen LogP contribution in [0.5, 0.6) is 0 Å². The van der Waals surface area contributed by atoms with Gasteiger partial charge in [0, 0.05) is 17.3 Å². The van der Waals surface area contributed by atoms with E-state index in [1.54, 1.807) is 12.1 Å². The van der Waals surface area contributed by atoms with Crippen LogP contribution in [0.2, 0.25) is 0 Å². The number of carbonyl (C=O) groups is 1. The van der Waals surface area contributed by atoms with Gasteiger partial charge in [0.15, 0.2) is 5.34 Å². The maximum Gasteiger partial charge on any atom is 0.370 e. The molecule has 0 unspecified atom stereocenters. The lowest BCUT2D eigenvalue weighted by Gasteiger charge is -2.04. The summed E-state index contributed by atoms with van der Waals surface area (Å²) in [7, 11) is 0. The zero-order chi connectivity index (χ0) is 13.7. The summed E-state index contributed by atoms with van der Waals surface area (Å²) >= 11 is 1.20. The molecule has 0 saturated heterocycles. The number of pyridine rings is 1. The first kappa shape index (κ1) is 13.1. The van der Waals surface area contributed by atoms with Crippen LogP contribution in [0.25, 0.3) is 0 Å². The second-order valence-corrected chi connectivity index (χ2v) is 4.50. The first-order valence-electron chi connectivity index (χ1n) is 5.17. The van der Waals surface area contributed by atoms with Crippen molar-refractivity contribution in [2.24, 2.45) is 5.34 Å². The molecule has 96 valence electrons. The first-order valence-corrected chi connectivity index (χ1v) is 5.98. The fourth-order valence-electron chi connectivity index (χ4n) is 1.27. The molecular formula is C11H8N4O3S. The van der Waals surface area contributed by atoms with Crippen LogP contribution in [-0.2, 0) is 4.84 Å². The molecule has 0 saturated carbocycles. The van der Waals surface area contributed by atoms with Gasteiger partial charge in [-0.15, -0.1) is 10.0 Å². The van der Waals surface area contributed by atoms with E-state index in [0.717, 1.165) is 5.69 Å². The number of hydrogen-bond acceptors (Lipinski definition) is 8. The number of hydrogen-bond donors (Lipinski definition) is 0. The minimum absolute atomic E-state index is 0.196. The summed E-state index contributed by atoms with van der Waals surface area (Å²) in [5.41, 5.74) is 0.988. The van der Waals surface area contributed by atoms with E-state index < -0.39 is 5.97 Å². The van der Waals surface area contributed by atoms with Crippen LogP contribution in [0, 0.1) is 11.8 Å². The highest BCUT2D eigenvalue weighted by Crippen LogP contribution is 2.28. The fourth-order valence-corrected chi connectivity index (χ4v) is 2.08. The topological polar surface area (TPSA) is 94.4 Å². The molecule has 0 spiro atoms. The number of rotatable bonds is 4. The SMILES string of the molecule is Cc1ccc(Sc2cnccc2C(=O)ON=O)nn1. The minimum Gasteiger partial charge on any atom is -0.279 e. The molecule has 0 radical (unpaired) electrons. The molecule has 2 aromatic rings. The Labute approximate surface area is 112 Å². The van der Waals surface area contributed by atoms with E-state index in [9.17, 15) is 9.70 Å². The Morgan fingerprint density at radius 2 is 2.16 bits per heavy atom. The Morgan fingerprint density at radius 1 is 1.32 bits per heavy atom. The van der Waals surface area contributed by atoms with Crippen molar-refractivity contribution in [3.05, 3.63) is 46.8 Å². The van der Waals surface area contributed by atoms with Gasteiger partial charge >= 0.3 is 5.97 Å². The summed E-state index contributed by atoms with van der Waals surface area (Å²) in [4.78, 5) is 30.0. The van der Waals surface area contributed by atoms with Crippen molar-refractivity contribution < 1.29 is 9.63 Å². The number of nitrogens with zero attached hydrogens (tertiary/aromatic N) is 4. The second kappa shape index (κ2) is 6.01. The lowest BCUT2D eigenvalue weighted by Crippen LogP contribution is -2.02. The van der Waals surface area contributed by atoms with Gasteiger partial charge in [0.25, 0.3) is 0 Å². The monoisotopic (exact) mass is 276 g/mol. The Morgan fingerprint density at radius 3 is 2.84 bits per heavy atom. The Balaban J connectivity index is 2.27. The van der Waals surface area contributed by atoms with E-state index in [2.05, 4.69) is 25.4 Å². The zero-order valence-corrected chi connectivity index (χ0v) is 10.6. The quantitative estimate of drug-likeness (QED) is 0.623. The first-order chi connectivity index (χ1) is 9.20. The van der Waals surface area contributed by atoms with E-state index in [4.69, 9.17) is 0 Å². The Hall–Kier alpha value is -2.35. The lowest BCUT2D eigenvalue weighted by atomic mass is 10.3. The van der Waals surface area contributed by atoms with E-state index in [-0.39, 0.29) is 5.56 Å². The molecule has 0 fully saturated rings. The molecule has 0 bridgehead atoms. The highest BCUT2D eigenvalue weighted by molar-refractivity contribution is 7.99. The van der Waals surface area contributed by atoms with Gasteiger partial charge in [0.2, 0.25) is 0 Å². The van der Waals surface area contributed by atoms with Crippen LogP contribution in [-0.4, -0.2) is 21.2 Å². The predicted octanol–water partition coefficient (Wildman–Crippen LogP) is 2.17. The van der Waals surface area contributed by atoms with Crippen molar-refractivity contribution in [1.82, 2.24) is 15.2 Å². The molecule has 2 rings (SSSR count). The highest BCUT2D eigenvalue weighted by Gasteiger charge is 2.15. The summed E-state index contributed by atoms with van der Waals surface area (Å²) in [5, 5.41) is 10.6. The van der Waals surface area contributed by atoms with Crippen molar-refractivity contribution in [3.63, 3.8) is 0 Å². The fraction of sp³-hybridized carbons (Fsp3) is 0.0909. The van der Waals surface area contributed by atoms with Crippen LogP contribution in [0.1, 0.15) is 16.1 Å². The molecule has 0 N–H and O–H groups in total. The Kier molecular flexibility index (Phi) is 4.14. The van der Waals surface area contributed by atoms with E-state index in [0.29, 0.717) is 9.92 Å². The average molecular weight is 276 g/mol.